The highest BCUT2D eigenvalue weighted by Gasteiger charge is 2.47. The number of fused-ring (bicyclic) bond motifs is 8. The molecule has 6 heteroatoms. The predicted molar refractivity (Wildman–Crippen MR) is 468 cm³/mol. The lowest BCUT2D eigenvalue weighted by Gasteiger charge is -2.43. The van der Waals surface area contributed by atoms with Gasteiger partial charge >= 0.3 is 0 Å². The van der Waals surface area contributed by atoms with Crippen molar-refractivity contribution in [3.05, 3.63) is 198 Å². The van der Waals surface area contributed by atoms with E-state index in [1.54, 1.807) is 0 Å². The van der Waals surface area contributed by atoms with Gasteiger partial charge in [0.15, 0.2) is 0 Å². The number of hydrogen-bond acceptors (Lipinski definition) is 0. The number of halogens is 2. The van der Waals surface area contributed by atoms with Crippen LogP contribution in [0.5, 0.6) is 0 Å². The monoisotopic (exact) mass is 1530 g/mol. The quantitative estimate of drug-likeness (QED) is 0.0650. The summed E-state index contributed by atoms with van der Waals surface area (Å²) in [4.78, 5) is 0. The smallest absolute Gasteiger partial charge is 0.125 e. The van der Waals surface area contributed by atoms with E-state index in [9.17, 15) is 0 Å². The number of benzene rings is 11. The average molecular weight is 1530 g/mol. The lowest BCUT2D eigenvalue weighted by molar-refractivity contribution is 0.757. The topological polar surface area (TPSA) is 0 Å². The molecule has 0 unspecified atom stereocenters. The zero-order valence-corrected chi connectivity index (χ0v) is 72.7. The highest BCUT2D eigenvalue weighted by atomic mass is 79.9. The summed E-state index contributed by atoms with van der Waals surface area (Å²) in [5, 5.41) is 19.6. The highest BCUT2D eigenvalue weighted by Crippen LogP contribution is 2.59. The van der Waals surface area contributed by atoms with E-state index in [0.29, 0.717) is 66.5 Å². The maximum absolute atomic E-state index is 4.29. The molecule has 0 spiro atoms. The fraction of sp³-hybridized carbons (Fsp3) is 0.396. The summed E-state index contributed by atoms with van der Waals surface area (Å²) in [6.45, 7) is 58.7. The Hall–Kier alpha value is -6.43. The molecule has 0 saturated heterocycles. The molecule has 11 aromatic carbocycles. The van der Waals surface area contributed by atoms with E-state index in [0.717, 1.165) is 31.2 Å². The molecule has 2 bridgehead atoms. The minimum absolute atomic E-state index is 0.0150. The fourth-order valence-electron chi connectivity index (χ4n) is 21.5. The first-order chi connectivity index (χ1) is 48.3. The summed E-state index contributed by atoms with van der Waals surface area (Å²) in [6.07, 6.45) is 0. The Morgan fingerprint density at radius 2 is 0.382 bits per heavy atom. The summed E-state index contributed by atoms with van der Waals surface area (Å²) >= 11 is 8.16. The van der Waals surface area contributed by atoms with Gasteiger partial charge in [-0.25, -0.2) is 0 Å². The van der Waals surface area contributed by atoms with Crippen LogP contribution in [0.2, 0.25) is 66.5 Å². The first-order valence-electron chi connectivity index (χ1n) is 38.7. The third-order valence-corrected chi connectivity index (χ3v) is 53.4. The molecule has 0 heterocycles. The van der Waals surface area contributed by atoms with Crippen molar-refractivity contribution in [1.82, 2.24) is 0 Å². The van der Waals surface area contributed by atoms with Crippen molar-refractivity contribution in [3.8, 4) is 45.9 Å². The second-order valence-electron chi connectivity index (χ2n) is 34.8. The van der Waals surface area contributed by atoms with Gasteiger partial charge in [0.05, 0.1) is 0 Å². The normalized spacial score (nSPS) is 14.9. The van der Waals surface area contributed by atoms with Crippen LogP contribution < -0.4 is 0 Å². The molecule has 522 valence electrons. The van der Waals surface area contributed by atoms with Crippen LogP contribution in [0.15, 0.2) is 142 Å². The third-order valence-electron chi connectivity index (χ3n) is 26.4. The Bertz CT molecular complexity index is 4800. The number of hydrogen-bond donors (Lipinski definition) is 0. The molecule has 0 N–H and O–H groups in total. The van der Waals surface area contributed by atoms with Crippen LogP contribution in [0.1, 0.15) is 234 Å². The van der Waals surface area contributed by atoms with E-state index in [1.807, 2.05) is 0 Å². The van der Waals surface area contributed by atoms with Gasteiger partial charge in [0.25, 0.3) is 0 Å². The van der Waals surface area contributed by atoms with E-state index in [4.69, 9.17) is 0 Å². The van der Waals surface area contributed by atoms with Gasteiger partial charge in [-0.3, -0.25) is 0 Å². The first-order valence-corrected chi connectivity index (χ1v) is 49.2. The Morgan fingerprint density at radius 3 is 0.549 bits per heavy atom. The van der Waals surface area contributed by atoms with Gasteiger partial charge in [-0.2, -0.15) is 0 Å². The molecule has 3 aliphatic rings. The van der Waals surface area contributed by atoms with Gasteiger partial charge < -0.3 is 0 Å². The van der Waals surface area contributed by atoms with Crippen molar-refractivity contribution >= 4 is 150 Å². The van der Waals surface area contributed by atoms with E-state index in [1.165, 1.54) is 120 Å². The lowest BCUT2D eigenvalue weighted by atomic mass is 9.60. The summed E-state index contributed by atoms with van der Waals surface area (Å²) in [5.41, 5.74) is 35.9. The molecule has 0 aliphatic heterocycles. The van der Waals surface area contributed by atoms with Crippen molar-refractivity contribution in [2.45, 2.75) is 244 Å². The zero-order valence-electron chi connectivity index (χ0n) is 65.5. The predicted octanol–water partition coefficient (Wildman–Crippen LogP) is 29.7. The van der Waals surface area contributed by atoms with Crippen LogP contribution in [-0.2, 0) is 0 Å². The van der Waals surface area contributed by atoms with Gasteiger partial charge in [0, 0.05) is 43.0 Å². The molecule has 0 radical (unpaired) electrons. The van der Waals surface area contributed by atoms with Gasteiger partial charge in [-0.15, -0.1) is 22.2 Å². The Balaban J connectivity index is 1.15. The maximum atomic E-state index is 4.29. The Kier molecular flexibility index (Phi) is 19.9. The van der Waals surface area contributed by atoms with Gasteiger partial charge in [-0.05, 0) is 303 Å². The van der Waals surface area contributed by atoms with Crippen molar-refractivity contribution in [2.24, 2.45) is 0 Å². The largest absolute Gasteiger partial charge is 0.146 e. The molecule has 14 rings (SSSR count). The van der Waals surface area contributed by atoms with Crippen LogP contribution >= 0.6 is 31.9 Å². The molecule has 0 amide bonds. The molecule has 102 heavy (non-hydrogen) atoms. The molecule has 0 atom stereocenters. The average Bonchev–Trinajstić information content (AvgIpc) is 0.689. The maximum Gasteiger partial charge on any atom is 0.146 e. The van der Waals surface area contributed by atoms with Crippen LogP contribution in [0, 0.1) is 45.9 Å². The van der Waals surface area contributed by atoms with Gasteiger partial charge in [0.1, 0.15) is 32.3 Å². The van der Waals surface area contributed by atoms with Gasteiger partial charge in [-0.1, -0.05) is 238 Å². The van der Waals surface area contributed by atoms with Crippen LogP contribution in [0.3, 0.4) is 0 Å². The van der Waals surface area contributed by atoms with E-state index >= 15 is 0 Å². The van der Waals surface area contributed by atoms with Crippen LogP contribution in [0.4, 0.5) is 0 Å². The second kappa shape index (κ2) is 27.5. The number of rotatable bonds is 12. The molecule has 3 aliphatic carbocycles. The molecular weight excluding hydrogens is 1430 g/mol. The molecule has 11 aromatic rings. The standard InChI is InChI=1S/C96H108Br2Si4/c1-55(2)99(56(3)4,57(5)6)37-33-75-79-41-67-29-25-26-30-68(67)42-80(79)76(34-38-100(58(7)8,59(9)10)60(11)12)84-46-72-50-88-87(49-71(72)45-83(75)84)95-89-51-73-47-85-77(35-39-101(61(13)14,62(15)16)63(17)18)81-43-69-31-27-28-32-70(69)44-82(81)78(36-40-102(64(19)20,65(21)22)66(23)24)86(85)48-74(73)52-90(89)96(88)92-54-94(98)93(97)53-91(92)95/h25-32,41-66,95-96H,1-24H3. The second-order valence-corrected chi connectivity index (χ2v) is 58.8. The van der Waals surface area contributed by atoms with Gasteiger partial charge in [0.2, 0.25) is 0 Å². The Morgan fingerprint density at radius 1 is 0.225 bits per heavy atom. The minimum atomic E-state index is -2.20. The molecule has 0 aromatic heterocycles. The van der Waals surface area contributed by atoms with Crippen molar-refractivity contribution in [3.63, 3.8) is 0 Å². The zero-order chi connectivity index (χ0) is 73.5. The molecule has 0 fully saturated rings. The fourth-order valence-corrected chi connectivity index (χ4v) is 43.1. The highest BCUT2D eigenvalue weighted by molar-refractivity contribution is 9.13. The molecule has 0 saturated carbocycles. The summed E-state index contributed by atoms with van der Waals surface area (Å²) in [5.74, 6) is 16.7. The summed E-state index contributed by atoms with van der Waals surface area (Å²) < 4.78 is 2.16. The minimum Gasteiger partial charge on any atom is -0.125 e. The Labute approximate surface area is 633 Å². The summed E-state index contributed by atoms with van der Waals surface area (Å²) in [7, 11) is -8.80. The molecule has 0 nitrogen and oxygen atoms in total. The van der Waals surface area contributed by atoms with Crippen molar-refractivity contribution in [1.29, 1.82) is 0 Å². The van der Waals surface area contributed by atoms with Crippen molar-refractivity contribution in [2.75, 3.05) is 0 Å². The van der Waals surface area contributed by atoms with Crippen molar-refractivity contribution < 1.29 is 0 Å². The van der Waals surface area contributed by atoms with E-state index < -0.39 is 32.3 Å². The third kappa shape index (κ3) is 11.5. The van der Waals surface area contributed by atoms with Crippen LogP contribution in [0.25, 0.3) is 86.2 Å². The first kappa shape index (κ1) is 73.9. The van der Waals surface area contributed by atoms with E-state index in [2.05, 4.69) is 377 Å². The lowest BCUT2D eigenvalue weighted by Crippen LogP contribution is -2.43. The molecular formula is C96H108Br2Si4. The SMILES string of the molecule is CC(C)[Si](C#Cc1c2cc3ccccc3cc2c(C#C[Si](C(C)C)(C(C)C)C(C)C)c2cc3cc4c(cc3cc12)C1c2cc(Br)c(Br)cc2C4c2cc3cc4c(C#C[Si](C(C)C)(C(C)C)C(C)C)c5cc6ccccc6cc5c(C#C[Si](C(C)C)(C(C)C)C(C)C)c4cc3cc21)(C(C)C)C(C)C. The van der Waals surface area contributed by atoms with Crippen LogP contribution in [-0.4, -0.2) is 32.3 Å². The van der Waals surface area contributed by atoms with E-state index in [-0.39, 0.29) is 11.8 Å². The summed E-state index contributed by atoms with van der Waals surface area (Å²) in [6, 6.07) is 53.2.